The Balaban J connectivity index is 1.09. The van der Waals surface area contributed by atoms with Gasteiger partial charge >= 0.3 is 9.52 Å². The predicted octanol–water partition coefficient (Wildman–Crippen LogP) is 17.4. The standard InChI is InChI=1S/C68H56N2Si/c1-6-67(4,71-66(2,3)48-24-8-7-9-25-48)49-38-39-60-58(43-49)65(57-30-12-17-31-59(57)68(60,5)50-37-36-45-22-10-11-23-46(45)40-50)47-41-51(69-61-32-18-13-26-53(61)54-27-14-19-33-62(54)69)44-52(42-47)70-63-34-20-15-28-55(63)56-29-16-21-35-64(56)70/h6-41,43-44,52,60H,1,42H2,2-5H3/q+1. The maximum atomic E-state index is 4.61. The number of aromatic nitrogens is 2. The third kappa shape index (κ3) is 6.74. The van der Waals surface area contributed by atoms with E-state index < -0.39 is 0 Å². The third-order valence-electron chi connectivity index (χ3n) is 16.4. The Morgan fingerprint density at radius 1 is 0.606 bits per heavy atom. The number of rotatable bonds is 9. The van der Waals surface area contributed by atoms with E-state index in [1.165, 1.54) is 105 Å². The molecule has 10 aromatic rings. The number of allylic oxidation sites excluding steroid dienone is 11. The summed E-state index contributed by atoms with van der Waals surface area (Å²) in [7, 11) is 0.555. The van der Waals surface area contributed by atoms with E-state index >= 15 is 0 Å². The zero-order valence-corrected chi connectivity index (χ0v) is 41.9. The average molecular weight is 929 g/mol. The molecule has 71 heavy (non-hydrogen) atoms. The van der Waals surface area contributed by atoms with Crippen LogP contribution in [0.3, 0.4) is 0 Å². The molecule has 8 aromatic carbocycles. The summed E-state index contributed by atoms with van der Waals surface area (Å²) >= 11 is 0. The molecule has 2 nitrogen and oxygen atoms in total. The van der Waals surface area contributed by atoms with Crippen LogP contribution < -0.4 is 0 Å². The fourth-order valence-electron chi connectivity index (χ4n) is 12.9. The summed E-state index contributed by atoms with van der Waals surface area (Å²) in [5.41, 5.74) is 16.5. The summed E-state index contributed by atoms with van der Waals surface area (Å²) in [5, 5.41) is 7.27. The van der Waals surface area contributed by atoms with Crippen molar-refractivity contribution >= 4 is 75.2 Å². The maximum absolute atomic E-state index is 4.61. The van der Waals surface area contributed by atoms with Crippen molar-refractivity contribution in [3.63, 3.8) is 0 Å². The van der Waals surface area contributed by atoms with Crippen LogP contribution in [0, 0.1) is 5.92 Å². The second-order valence-corrected chi connectivity index (χ2v) is 23.4. The van der Waals surface area contributed by atoms with E-state index in [4.69, 9.17) is 0 Å². The topological polar surface area (TPSA) is 9.86 Å². The smallest absolute Gasteiger partial charge is 0.333 e. The van der Waals surface area contributed by atoms with Gasteiger partial charge in [0.15, 0.2) is 5.04 Å². The molecule has 4 atom stereocenters. The van der Waals surface area contributed by atoms with Crippen LogP contribution in [0.4, 0.5) is 0 Å². The van der Waals surface area contributed by atoms with Crippen molar-refractivity contribution in [1.82, 2.24) is 9.13 Å². The maximum Gasteiger partial charge on any atom is 0.508 e. The SMILES string of the molecule is C=CC(C)([Si+]C(C)(C)c1ccccc1)C1=CC2=C(C3=CC(n4c5ccccc5c5ccccc54)=CC(n4c5ccccc5c5ccccc54)C3)c3ccccc3C(C)(c3ccc4ccccc4c3)C2C=C1. The average Bonchev–Trinajstić information content (AvgIpc) is 3.94. The zero-order chi connectivity index (χ0) is 48.1. The first kappa shape index (κ1) is 43.3. The van der Waals surface area contributed by atoms with E-state index in [0.29, 0.717) is 9.52 Å². The number of hydrogen-bond acceptors (Lipinski definition) is 0. The minimum atomic E-state index is -0.374. The van der Waals surface area contributed by atoms with Gasteiger partial charge in [0.05, 0.1) is 17.1 Å². The van der Waals surface area contributed by atoms with Crippen LogP contribution in [0.25, 0.3) is 65.7 Å². The number of para-hydroxylation sites is 4. The molecular formula is C68H56N2Si+. The van der Waals surface area contributed by atoms with Crippen LogP contribution in [-0.2, 0) is 10.5 Å². The molecule has 0 fully saturated rings. The van der Waals surface area contributed by atoms with Crippen molar-refractivity contribution < 1.29 is 0 Å². The van der Waals surface area contributed by atoms with Crippen LogP contribution in [0.15, 0.2) is 254 Å². The number of nitrogens with zero attached hydrogens (tertiary/aromatic N) is 2. The van der Waals surface area contributed by atoms with Crippen molar-refractivity contribution in [1.29, 1.82) is 0 Å². The lowest BCUT2D eigenvalue weighted by molar-refractivity contribution is 0.461. The molecule has 13 rings (SSSR count). The highest BCUT2D eigenvalue weighted by Crippen LogP contribution is 2.58. The minimum absolute atomic E-state index is 0.0106. The molecule has 3 aliphatic rings. The summed E-state index contributed by atoms with van der Waals surface area (Å²) in [5.74, 6) is 0.0482. The first-order valence-electron chi connectivity index (χ1n) is 25.3. The molecule has 2 aromatic heterocycles. The molecule has 0 saturated heterocycles. The number of benzene rings is 8. The van der Waals surface area contributed by atoms with Gasteiger partial charge in [-0.1, -0.05) is 202 Å². The van der Waals surface area contributed by atoms with Gasteiger partial charge in [0.25, 0.3) is 0 Å². The monoisotopic (exact) mass is 928 g/mol. The van der Waals surface area contributed by atoms with Crippen LogP contribution in [0.1, 0.15) is 62.4 Å². The Hall–Kier alpha value is -7.72. The van der Waals surface area contributed by atoms with Crippen molar-refractivity contribution in [2.24, 2.45) is 5.92 Å². The molecule has 3 heteroatoms. The number of fused-ring (bicyclic) bond motifs is 9. The lowest BCUT2D eigenvalue weighted by Crippen LogP contribution is -2.40. The highest BCUT2D eigenvalue weighted by Gasteiger charge is 2.53. The summed E-state index contributed by atoms with van der Waals surface area (Å²) in [4.78, 5) is 0. The largest absolute Gasteiger partial charge is 0.508 e. The quantitative estimate of drug-likeness (QED) is 0.101. The van der Waals surface area contributed by atoms with Gasteiger partial charge in [0, 0.05) is 49.6 Å². The summed E-state index contributed by atoms with van der Waals surface area (Å²) < 4.78 is 5.16. The Bertz CT molecular complexity index is 3870. The predicted molar refractivity (Wildman–Crippen MR) is 303 cm³/mol. The van der Waals surface area contributed by atoms with Crippen molar-refractivity contribution in [2.75, 3.05) is 0 Å². The second kappa shape index (κ2) is 16.4. The van der Waals surface area contributed by atoms with Crippen LogP contribution in [-0.4, -0.2) is 18.7 Å². The third-order valence-corrected chi connectivity index (χ3v) is 18.4. The Morgan fingerprint density at radius 3 is 1.83 bits per heavy atom. The lowest BCUT2D eigenvalue weighted by Gasteiger charge is -2.46. The van der Waals surface area contributed by atoms with E-state index in [1.54, 1.807) is 0 Å². The van der Waals surface area contributed by atoms with E-state index in [9.17, 15) is 0 Å². The minimum Gasteiger partial charge on any atom is -0.333 e. The van der Waals surface area contributed by atoms with Gasteiger partial charge in [0.2, 0.25) is 0 Å². The molecule has 0 bridgehead atoms. The first-order valence-corrected chi connectivity index (χ1v) is 26.3. The van der Waals surface area contributed by atoms with E-state index in [0.717, 1.165) is 6.42 Å². The zero-order valence-electron chi connectivity index (χ0n) is 40.9. The van der Waals surface area contributed by atoms with Gasteiger partial charge in [-0.3, -0.25) is 0 Å². The fraction of sp³-hybridized carbons (Fsp3) is 0.147. The molecule has 0 N–H and O–H groups in total. The molecule has 0 amide bonds. The van der Waals surface area contributed by atoms with E-state index in [1.807, 2.05) is 0 Å². The Morgan fingerprint density at radius 2 is 1.17 bits per heavy atom. The summed E-state index contributed by atoms with van der Waals surface area (Å²) in [6.07, 6.45) is 15.8. The van der Waals surface area contributed by atoms with Crippen molar-refractivity contribution in [3.8, 4) is 0 Å². The molecule has 3 aliphatic carbocycles. The molecule has 1 radical (unpaired) electrons. The van der Waals surface area contributed by atoms with Gasteiger partial charge in [0.1, 0.15) is 5.04 Å². The Labute approximate surface area is 419 Å². The fourth-order valence-corrected chi connectivity index (χ4v) is 14.9. The Kier molecular flexibility index (Phi) is 10.0. The van der Waals surface area contributed by atoms with Crippen molar-refractivity contribution in [2.45, 2.75) is 55.6 Å². The van der Waals surface area contributed by atoms with Crippen LogP contribution in [0.2, 0.25) is 5.04 Å². The molecule has 0 saturated carbocycles. The highest BCUT2D eigenvalue weighted by atomic mass is 28.2. The molecular weight excluding hydrogens is 873 g/mol. The molecule has 4 unspecified atom stereocenters. The number of hydrogen-bond donors (Lipinski definition) is 0. The van der Waals surface area contributed by atoms with Gasteiger partial charge in [-0.15, -0.1) is 0 Å². The van der Waals surface area contributed by atoms with Gasteiger partial charge in [-0.25, -0.2) is 0 Å². The van der Waals surface area contributed by atoms with E-state index in [2.05, 4.69) is 274 Å². The van der Waals surface area contributed by atoms with Crippen LogP contribution >= 0.6 is 0 Å². The molecule has 0 aliphatic heterocycles. The molecule has 2 heterocycles. The second-order valence-electron chi connectivity index (χ2n) is 20.9. The van der Waals surface area contributed by atoms with Crippen LogP contribution in [0.5, 0.6) is 0 Å². The highest BCUT2D eigenvalue weighted by molar-refractivity contribution is 6.46. The van der Waals surface area contributed by atoms with E-state index in [-0.39, 0.29) is 27.5 Å². The lowest BCUT2D eigenvalue weighted by atomic mass is 9.56. The first-order chi connectivity index (χ1) is 34.6. The summed E-state index contributed by atoms with van der Waals surface area (Å²) in [6.45, 7) is 14.3. The van der Waals surface area contributed by atoms with Gasteiger partial charge in [-0.05, 0) is 125 Å². The molecule has 341 valence electrons. The summed E-state index contributed by atoms with van der Waals surface area (Å²) in [6, 6.07) is 72.3. The van der Waals surface area contributed by atoms with Gasteiger partial charge in [-0.2, -0.15) is 0 Å². The van der Waals surface area contributed by atoms with Gasteiger partial charge < -0.3 is 9.13 Å². The normalized spacial score (nSPS) is 19.9. The molecule has 0 spiro atoms. The van der Waals surface area contributed by atoms with Crippen molar-refractivity contribution in [3.05, 3.63) is 276 Å².